The summed E-state index contributed by atoms with van der Waals surface area (Å²) in [6.07, 6.45) is -0.720. The Morgan fingerprint density at radius 1 is 1.33 bits per heavy atom. The van der Waals surface area contributed by atoms with Gasteiger partial charge in [0.05, 0.1) is 18.6 Å². The summed E-state index contributed by atoms with van der Waals surface area (Å²) in [4.78, 5) is 24.6. The number of sulfone groups is 1. The maximum atomic E-state index is 12.4. The summed E-state index contributed by atoms with van der Waals surface area (Å²) in [7, 11) is -1.56. The van der Waals surface area contributed by atoms with Crippen molar-refractivity contribution in [2.24, 2.45) is 0 Å². The van der Waals surface area contributed by atoms with Crippen LogP contribution in [-0.2, 0) is 19.4 Å². The van der Waals surface area contributed by atoms with E-state index >= 15 is 0 Å². The number of rotatable bonds is 5. The van der Waals surface area contributed by atoms with Crippen molar-refractivity contribution in [1.82, 2.24) is 5.32 Å². The number of carbonyl (C=O) groups is 2. The highest BCUT2D eigenvalue weighted by Crippen LogP contribution is 2.29. The fourth-order valence-corrected chi connectivity index (χ4v) is 4.69. The van der Waals surface area contributed by atoms with Crippen molar-refractivity contribution in [1.29, 1.82) is 0 Å². The lowest BCUT2D eigenvalue weighted by atomic mass is 10.1. The van der Waals surface area contributed by atoms with E-state index in [0.29, 0.717) is 23.3 Å². The highest BCUT2D eigenvalue weighted by Gasteiger charge is 2.31. The molecule has 27 heavy (non-hydrogen) atoms. The third kappa shape index (κ3) is 4.08. The molecule has 1 saturated heterocycles. The molecule has 1 aliphatic heterocycles. The molecule has 1 fully saturated rings. The SMILES string of the molecule is COc1ccc2oc(C(=O)O[C@H](C)C(=O)N[C@@H]3CCS(=O)(=O)C3)c(C)c2c1. The van der Waals surface area contributed by atoms with Crippen molar-refractivity contribution >= 4 is 32.7 Å². The molecule has 1 aliphatic rings. The zero-order valence-electron chi connectivity index (χ0n) is 15.3. The average Bonchev–Trinajstić information content (AvgIpc) is 3.13. The van der Waals surface area contributed by atoms with E-state index < -0.39 is 33.9 Å². The molecule has 0 bridgehead atoms. The normalized spacial score (nSPS) is 19.6. The van der Waals surface area contributed by atoms with Gasteiger partial charge in [-0.15, -0.1) is 0 Å². The van der Waals surface area contributed by atoms with Gasteiger partial charge in [-0.1, -0.05) is 0 Å². The van der Waals surface area contributed by atoms with Gasteiger partial charge in [0.1, 0.15) is 11.3 Å². The van der Waals surface area contributed by atoms with E-state index in [1.807, 2.05) is 0 Å². The first-order valence-corrected chi connectivity index (χ1v) is 10.3. The van der Waals surface area contributed by atoms with Crippen LogP contribution in [0, 0.1) is 6.92 Å². The first-order valence-electron chi connectivity index (χ1n) is 8.49. The van der Waals surface area contributed by atoms with E-state index in [0.717, 1.165) is 5.39 Å². The van der Waals surface area contributed by atoms with Crippen molar-refractivity contribution in [2.75, 3.05) is 18.6 Å². The highest BCUT2D eigenvalue weighted by atomic mass is 32.2. The minimum absolute atomic E-state index is 0.0151. The number of amides is 1. The van der Waals surface area contributed by atoms with E-state index in [9.17, 15) is 18.0 Å². The number of aryl methyl sites for hydroxylation is 1. The molecule has 1 N–H and O–H groups in total. The Morgan fingerprint density at radius 3 is 2.70 bits per heavy atom. The lowest BCUT2D eigenvalue weighted by Crippen LogP contribution is -2.42. The Bertz CT molecular complexity index is 993. The quantitative estimate of drug-likeness (QED) is 0.765. The summed E-state index contributed by atoms with van der Waals surface area (Å²) < 4.78 is 38.9. The Balaban J connectivity index is 1.68. The number of benzene rings is 1. The van der Waals surface area contributed by atoms with Gasteiger partial charge in [-0.3, -0.25) is 4.79 Å². The van der Waals surface area contributed by atoms with E-state index in [2.05, 4.69) is 5.32 Å². The number of esters is 1. The van der Waals surface area contributed by atoms with Gasteiger partial charge in [-0.05, 0) is 38.5 Å². The summed E-state index contributed by atoms with van der Waals surface area (Å²) in [5, 5.41) is 3.32. The van der Waals surface area contributed by atoms with Crippen LogP contribution in [0.1, 0.15) is 29.5 Å². The standard InChI is InChI=1S/C18H21NO7S/c1-10-14-8-13(24-3)4-5-15(14)26-16(10)18(21)25-11(2)17(20)19-12-6-7-27(22,23)9-12/h4-5,8,11-12H,6-7,9H2,1-3H3,(H,19,20)/t11-,12-/m1/s1. The molecule has 2 atom stereocenters. The second kappa shape index (κ2) is 7.22. The molecule has 1 aromatic carbocycles. The van der Waals surface area contributed by atoms with Crippen LogP contribution in [0.5, 0.6) is 5.75 Å². The number of ether oxygens (including phenoxy) is 2. The highest BCUT2D eigenvalue weighted by molar-refractivity contribution is 7.91. The van der Waals surface area contributed by atoms with Gasteiger partial charge in [-0.25, -0.2) is 13.2 Å². The summed E-state index contributed by atoms with van der Waals surface area (Å²) in [6.45, 7) is 3.15. The van der Waals surface area contributed by atoms with Crippen LogP contribution in [0.4, 0.5) is 0 Å². The van der Waals surface area contributed by atoms with Crippen LogP contribution >= 0.6 is 0 Å². The third-order valence-electron chi connectivity index (χ3n) is 4.56. The monoisotopic (exact) mass is 395 g/mol. The van der Waals surface area contributed by atoms with Crippen molar-refractivity contribution in [3.8, 4) is 5.75 Å². The molecule has 0 saturated carbocycles. The fraction of sp³-hybridized carbons (Fsp3) is 0.444. The summed E-state index contributed by atoms with van der Waals surface area (Å²) in [6, 6.07) is 4.70. The number of carbonyl (C=O) groups excluding carboxylic acids is 2. The third-order valence-corrected chi connectivity index (χ3v) is 6.33. The van der Waals surface area contributed by atoms with E-state index in [1.54, 1.807) is 32.2 Å². The van der Waals surface area contributed by atoms with Gasteiger partial charge in [0.15, 0.2) is 15.9 Å². The number of hydrogen-bond acceptors (Lipinski definition) is 7. The predicted molar refractivity (Wildman–Crippen MR) is 97.6 cm³/mol. The number of nitrogens with one attached hydrogen (secondary N) is 1. The zero-order chi connectivity index (χ0) is 19.8. The Morgan fingerprint density at radius 2 is 2.07 bits per heavy atom. The van der Waals surface area contributed by atoms with Gasteiger partial charge < -0.3 is 19.2 Å². The van der Waals surface area contributed by atoms with Gasteiger partial charge in [0, 0.05) is 17.0 Å². The molecule has 0 radical (unpaired) electrons. The molecule has 2 heterocycles. The molecular weight excluding hydrogens is 374 g/mol. The molecule has 2 aromatic rings. The Hall–Kier alpha value is -2.55. The van der Waals surface area contributed by atoms with Crippen molar-refractivity contribution < 1.29 is 31.9 Å². The molecule has 8 nitrogen and oxygen atoms in total. The number of hydrogen-bond donors (Lipinski definition) is 1. The second-order valence-corrected chi connectivity index (χ2v) is 8.80. The Kier molecular flexibility index (Phi) is 5.14. The summed E-state index contributed by atoms with van der Waals surface area (Å²) in [5.74, 6) is -0.699. The second-order valence-electron chi connectivity index (χ2n) is 6.57. The van der Waals surface area contributed by atoms with Crippen molar-refractivity contribution in [2.45, 2.75) is 32.4 Å². The van der Waals surface area contributed by atoms with E-state index in [1.165, 1.54) is 6.92 Å². The smallest absolute Gasteiger partial charge is 0.375 e. The first kappa shape index (κ1) is 19.2. The Labute approximate surface area is 156 Å². The maximum Gasteiger partial charge on any atom is 0.375 e. The van der Waals surface area contributed by atoms with Gasteiger partial charge in [0.2, 0.25) is 5.76 Å². The van der Waals surface area contributed by atoms with Crippen LogP contribution in [0.25, 0.3) is 11.0 Å². The number of furan rings is 1. The molecule has 1 amide bonds. The van der Waals surface area contributed by atoms with Crippen LogP contribution in [0.2, 0.25) is 0 Å². The number of fused-ring (bicyclic) bond motifs is 1. The molecule has 3 rings (SSSR count). The minimum atomic E-state index is -3.11. The summed E-state index contributed by atoms with van der Waals surface area (Å²) in [5.41, 5.74) is 1.09. The molecular formula is C18H21NO7S. The first-order chi connectivity index (χ1) is 12.7. The average molecular weight is 395 g/mol. The van der Waals surface area contributed by atoms with Crippen molar-refractivity contribution in [3.63, 3.8) is 0 Å². The van der Waals surface area contributed by atoms with Crippen LogP contribution in [0.15, 0.2) is 22.6 Å². The summed E-state index contributed by atoms with van der Waals surface area (Å²) >= 11 is 0. The fourth-order valence-electron chi connectivity index (χ4n) is 3.02. The minimum Gasteiger partial charge on any atom is -0.497 e. The molecule has 146 valence electrons. The van der Waals surface area contributed by atoms with Gasteiger partial charge in [-0.2, -0.15) is 0 Å². The molecule has 0 aliphatic carbocycles. The largest absolute Gasteiger partial charge is 0.497 e. The van der Waals surface area contributed by atoms with Crippen LogP contribution < -0.4 is 10.1 Å². The van der Waals surface area contributed by atoms with E-state index in [4.69, 9.17) is 13.9 Å². The predicted octanol–water partition coefficient (Wildman–Crippen LogP) is 1.60. The van der Waals surface area contributed by atoms with Crippen molar-refractivity contribution in [3.05, 3.63) is 29.5 Å². The zero-order valence-corrected chi connectivity index (χ0v) is 16.1. The van der Waals surface area contributed by atoms with Crippen LogP contribution in [-0.4, -0.2) is 51.1 Å². The molecule has 0 spiro atoms. The number of methoxy groups -OCH3 is 1. The van der Waals surface area contributed by atoms with Crippen LogP contribution in [0.3, 0.4) is 0 Å². The molecule has 0 unspecified atom stereocenters. The lowest BCUT2D eigenvalue weighted by molar-refractivity contribution is -0.129. The van der Waals surface area contributed by atoms with E-state index in [-0.39, 0.29) is 17.3 Å². The van der Waals surface area contributed by atoms with Gasteiger partial charge >= 0.3 is 5.97 Å². The van der Waals surface area contributed by atoms with Gasteiger partial charge in [0.25, 0.3) is 5.91 Å². The topological polar surface area (TPSA) is 112 Å². The molecule has 9 heteroatoms. The maximum absolute atomic E-state index is 12.4. The lowest BCUT2D eigenvalue weighted by Gasteiger charge is -2.16. The molecule has 1 aromatic heterocycles.